The molecular formula is C11H6F5N3. The molecule has 2 aromatic heterocycles. The normalized spacial score (nSPS) is 11.3. The van der Waals surface area contributed by atoms with Crippen LogP contribution in [0.3, 0.4) is 0 Å². The van der Waals surface area contributed by atoms with E-state index in [0.29, 0.717) is 0 Å². The molecule has 3 nitrogen and oxygen atoms in total. The van der Waals surface area contributed by atoms with E-state index in [-0.39, 0.29) is 11.4 Å². The van der Waals surface area contributed by atoms with Crippen LogP contribution in [-0.2, 0) is 0 Å². The highest BCUT2D eigenvalue weighted by atomic mass is 19.3. The smallest absolute Gasteiger partial charge is 0.252 e. The zero-order valence-electron chi connectivity index (χ0n) is 9.20. The maximum atomic E-state index is 12.7. The number of rotatable bonds is 3. The van der Waals surface area contributed by atoms with Gasteiger partial charge in [-0.05, 0) is 12.1 Å². The van der Waals surface area contributed by atoms with Gasteiger partial charge in [0.2, 0.25) is 0 Å². The standard InChI is InChI=1S/C11H6F5N3/c12-5-1-2-6(17-3-5)7-4-18-8(10(13)14)9(19-7)11(15)16/h1-4,10-11H. The zero-order valence-corrected chi connectivity index (χ0v) is 9.20. The van der Waals surface area contributed by atoms with Gasteiger partial charge in [0.25, 0.3) is 12.9 Å². The van der Waals surface area contributed by atoms with Crippen molar-refractivity contribution in [2.24, 2.45) is 0 Å². The van der Waals surface area contributed by atoms with Crippen molar-refractivity contribution in [1.82, 2.24) is 15.0 Å². The number of alkyl halides is 4. The average Bonchev–Trinajstić information content (AvgIpc) is 2.38. The fourth-order valence-corrected chi connectivity index (χ4v) is 1.39. The number of pyridine rings is 1. The van der Waals surface area contributed by atoms with E-state index in [2.05, 4.69) is 15.0 Å². The maximum Gasteiger partial charge on any atom is 0.282 e. The van der Waals surface area contributed by atoms with Gasteiger partial charge in [-0.2, -0.15) is 0 Å². The first-order valence-electron chi connectivity index (χ1n) is 5.04. The summed E-state index contributed by atoms with van der Waals surface area (Å²) in [7, 11) is 0. The van der Waals surface area contributed by atoms with Crippen LogP contribution in [0.4, 0.5) is 22.0 Å². The summed E-state index contributed by atoms with van der Waals surface area (Å²) in [6, 6.07) is 2.24. The molecule has 8 heteroatoms. The average molecular weight is 275 g/mol. The predicted octanol–water partition coefficient (Wildman–Crippen LogP) is 3.55. The third kappa shape index (κ3) is 2.83. The Hall–Kier alpha value is -2.12. The van der Waals surface area contributed by atoms with E-state index in [9.17, 15) is 22.0 Å². The second-order valence-corrected chi connectivity index (χ2v) is 3.49. The molecule has 0 saturated carbocycles. The van der Waals surface area contributed by atoms with E-state index < -0.39 is 30.1 Å². The van der Waals surface area contributed by atoms with Crippen LogP contribution in [0.25, 0.3) is 11.4 Å². The molecule has 0 fully saturated rings. The zero-order chi connectivity index (χ0) is 14.0. The number of hydrogen-bond donors (Lipinski definition) is 0. The lowest BCUT2D eigenvalue weighted by Crippen LogP contribution is -2.04. The van der Waals surface area contributed by atoms with Gasteiger partial charge in [0.1, 0.15) is 22.9 Å². The third-order valence-corrected chi connectivity index (χ3v) is 2.23. The van der Waals surface area contributed by atoms with Gasteiger partial charge in [0.05, 0.1) is 18.1 Å². The first-order chi connectivity index (χ1) is 8.99. The van der Waals surface area contributed by atoms with Crippen LogP contribution in [0.5, 0.6) is 0 Å². The highest BCUT2D eigenvalue weighted by Gasteiger charge is 2.23. The summed E-state index contributed by atoms with van der Waals surface area (Å²) in [4.78, 5) is 10.3. The first kappa shape index (κ1) is 13.3. The van der Waals surface area contributed by atoms with E-state index in [1.807, 2.05) is 0 Å². The van der Waals surface area contributed by atoms with Crippen LogP contribution in [0, 0.1) is 5.82 Å². The summed E-state index contributed by atoms with van der Waals surface area (Å²) in [5, 5.41) is 0. The second-order valence-electron chi connectivity index (χ2n) is 3.49. The molecule has 0 radical (unpaired) electrons. The van der Waals surface area contributed by atoms with Crippen LogP contribution in [-0.4, -0.2) is 15.0 Å². The molecule has 0 aliphatic heterocycles. The number of nitrogens with zero attached hydrogens (tertiary/aromatic N) is 3. The van der Waals surface area contributed by atoms with Gasteiger partial charge < -0.3 is 0 Å². The van der Waals surface area contributed by atoms with Crippen molar-refractivity contribution in [1.29, 1.82) is 0 Å². The molecule has 0 atom stereocenters. The molecule has 0 aliphatic rings. The molecule has 0 bridgehead atoms. The van der Waals surface area contributed by atoms with Crippen LogP contribution in [0.1, 0.15) is 24.2 Å². The van der Waals surface area contributed by atoms with Gasteiger partial charge in [-0.1, -0.05) is 0 Å². The lowest BCUT2D eigenvalue weighted by atomic mass is 10.2. The van der Waals surface area contributed by atoms with E-state index in [1.54, 1.807) is 0 Å². The van der Waals surface area contributed by atoms with Crippen molar-refractivity contribution in [2.75, 3.05) is 0 Å². The summed E-state index contributed by atoms with van der Waals surface area (Å²) in [6.45, 7) is 0. The fraction of sp³-hybridized carbons (Fsp3) is 0.182. The molecule has 0 spiro atoms. The fourth-order valence-electron chi connectivity index (χ4n) is 1.39. The molecule has 0 aromatic carbocycles. The van der Waals surface area contributed by atoms with Crippen molar-refractivity contribution in [3.05, 3.63) is 41.7 Å². The van der Waals surface area contributed by atoms with Gasteiger partial charge in [0.15, 0.2) is 0 Å². The molecule has 0 amide bonds. The molecule has 2 aromatic rings. The molecular weight excluding hydrogens is 269 g/mol. The topological polar surface area (TPSA) is 38.7 Å². The SMILES string of the molecule is Fc1ccc(-c2cnc(C(F)F)c(C(F)F)n2)nc1. The summed E-state index contributed by atoms with van der Waals surface area (Å²) >= 11 is 0. The Labute approximate surface area is 104 Å². The third-order valence-electron chi connectivity index (χ3n) is 2.23. The van der Waals surface area contributed by atoms with Crippen molar-refractivity contribution < 1.29 is 22.0 Å². The Morgan fingerprint density at radius 3 is 2.00 bits per heavy atom. The molecule has 0 aliphatic carbocycles. The molecule has 19 heavy (non-hydrogen) atoms. The molecule has 2 rings (SSSR count). The number of aromatic nitrogens is 3. The summed E-state index contributed by atoms with van der Waals surface area (Å²) < 4.78 is 62.9. The second kappa shape index (κ2) is 5.25. The minimum absolute atomic E-state index is 0.0663. The summed E-state index contributed by atoms with van der Waals surface area (Å²) in [6.07, 6.45) is -4.57. The lowest BCUT2D eigenvalue weighted by molar-refractivity contribution is 0.116. The Kier molecular flexibility index (Phi) is 3.68. The van der Waals surface area contributed by atoms with Gasteiger partial charge in [-0.25, -0.2) is 26.9 Å². The minimum atomic E-state index is -3.18. The first-order valence-corrected chi connectivity index (χ1v) is 5.04. The van der Waals surface area contributed by atoms with Crippen LogP contribution in [0.2, 0.25) is 0 Å². The van der Waals surface area contributed by atoms with Gasteiger partial charge >= 0.3 is 0 Å². The maximum absolute atomic E-state index is 12.7. The van der Waals surface area contributed by atoms with Crippen molar-refractivity contribution in [3.8, 4) is 11.4 Å². The molecule has 2 heterocycles. The van der Waals surface area contributed by atoms with Crippen LogP contribution in [0.15, 0.2) is 24.5 Å². The van der Waals surface area contributed by atoms with Crippen LogP contribution >= 0.6 is 0 Å². The van der Waals surface area contributed by atoms with Gasteiger partial charge in [-0.15, -0.1) is 0 Å². The van der Waals surface area contributed by atoms with E-state index >= 15 is 0 Å². The number of hydrogen-bond acceptors (Lipinski definition) is 3. The number of halogens is 5. The molecule has 100 valence electrons. The Balaban J connectivity index is 2.49. The largest absolute Gasteiger partial charge is 0.282 e. The van der Waals surface area contributed by atoms with Crippen molar-refractivity contribution >= 4 is 0 Å². The molecule has 0 unspecified atom stereocenters. The lowest BCUT2D eigenvalue weighted by Gasteiger charge is -2.08. The minimum Gasteiger partial charge on any atom is -0.252 e. The quantitative estimate of drug-likeness (QED) is 0.804. The van der Waals surface area contributed by atoms with Crippen molar-refractivity contribution in [3.63, 3.8) is 0 Å². The van der Waals surface area contributed by atoms with Crippen molar-refractivity contribution in [2.45, 2.75) is 12.9 Å². The summed E-state index contributed by atoms with van der Waals surface area (Å²) in [5.74, 6) is -0.616. The highest BCUT2D eigenvalue weighted by Crippen LogP contribution is 2.28. The summed E-state index contributed by atoms with van der Waals surface area (Å²) in [5.41, 5.74) is -2.23. The predicted molar refractivity (Wildman–Crippen MR) is 55.1 cm³/mol. The Bertz CT molecular complexity index is 571. The Morgan fingerprint density at radius 1 is 0.789 bits per heavy atom. The molecule has 0 saturated heterocycles. The van der Waals surface area contributed by atoms with E-state index in [1.165, 1.54) is 6.07 Å². The monoisotopic (exact) mass is 275 g/mol. The van der Waals surface area contributed by atoms with Gasteiger partial charge in [0, 0.05) is 0 Å². The van der Waals surface area contributed by atoms with Crippen LogP contribution < -0.4 is 0 Å². The highest BCUT2D eigenvalue weighted by molar-refractivity contribution is 5.52. The van der Waals surface area contributed by atoms with E-state index in [4.69, 9.17) is 0 Å². The molecule has 0 N–H and O–H groups in total. The van der Waals surface area contributed by atoms with Gasteiger partial charge in [-0.3, -0.25) is 9.97 Å². The Morgan fingerprint density at radius 2 is 1.47 bits per heavy atom. The van der Waals surface area contributed by atoms with E-state index in [0.717, 1.165) is 18.5 Å².